The fourth-order valence-electron chi connectivity index (χ4n) is 2.73. The van der Waals surface area contributed by atoms with Crippen LogP contribution >= 0.6 is 11.8 Å². The first-order chi connectivity index (χ1) is 9.26. The first kappa shape index (κ1) is 14.4. The predicted octanol–water partition coefficient (Wildman–Crippen LogP) is 2.20. The average Bonchev–Trinajstić information content (AvgIpc) is 2.87. The molecule has 1 saturated carbocycles. The molecule has 0 spiro atoms. The zero-order chi connectivity index (χ0) is 13.7. The summed E-state index contributed by atoms with van der Waals surface area (Å²) in [5.41, 5.74) is 7.42. The maximum Gasteiger partial charge on any atom is 0.251 e. The topological polar surface area (TPSA) is 55.1 Å². The van der Waals surface area contributed by atoms with E-state index in [0.717, 1.165) is 24.0 Å². The van der Waals surface area contributed by atoms with E-state index >= 15 is 0 Å². The number of hydrogen-bond donors (Lipinski definition) is 2. The Morgan fingerprint density at radius 2 is 2.21 bits per heavy atom. The molecule has 1 amide bonds. The zero-order valence-electron chi connectivity index (χ0n) is 11.4. The van der Waals surface area contributed by atoms with Crippen LogP contribution in [0.2, 0.25) is 0 Å². The number of amides is 1. The van der Waals surface area contributed by atoms with Crippen LogP contribution in [0.1, 0.15) is 35.2 Å². The molecule has 2 atom stereocenters. The Balaban J connectivity index is 2.07. The third-order valence-corrected chi connectivity index (χ3v) is 4.92. The van der Waals surface area contributed by atoms with Gasteiger partial charge in [0, 0.05) is 16.9 Å². The number of carbonyl (C=O) groups excluding carboxylic acids is 1. The first-order valence-electron chi connectivity index (χ1n) is 6.88. The summed E-state index contributed by atoms with van der Waals surface area (Å²) < 4.78 is 0. The summed E-state index contributed by atoms with van der Waals surface area (Å²) in [6.45, 7) is 0.571. The van der Waals surface area contributed by atoms with E-state index < -0.39 is 0 Å². The molecule has 2 unspecified atom stereocenters. The minimum Gasteiger partial charge on any atom is -0.348 e. The Kier molecular flexibility index (Phi) is 5.28. The van der Waals surface area contributed by atoms with Gasteiger partial charge in [-0.2, -0.15) is 11.8 Å². The van der Waals surface area contributed by atoms with E-state index in [1.165, 1.54) is 12.8 Å². The Morgan fingerprint density at radius 3 is 2.95 bits per heavy atom. The summed E-state index contributed by atoms with van der Waals surface area (Å²) in [6, 6.07) is 8.07. The van der Waals surface area contributed by atoms with Gasteiger partial charge in [-0.05, 0) is 43.7 Å². The summed E-state index contributed by atoms with van der Waals surface area (Å²) >= 11 is 1.86. The molecular weight excluding hydrogens is 256 g/mol. The third kappa shape index (κ3) is 3.51. The van der Waals surface area contributed by atoms with Crippen molar-refractivity contribution in [2.45, 2.75) is 37.0 Å². The van der Waals surface area contributed by atoms with Crippen molar-refractivity contribution >= 4 is 17.7 Å². The van der Waals surface area contributed by atoms with Crippen LogP contribution in [-0.2, 0) is 6.42 Å². The number of thioether (sulfide) groups is 1. The van der Waals surface area contributed by atoms with Crippen molar-refractivity contribution in [3.8, 4) is 0 Å². The lowest BCUT2D eigenvalue weighted by Crippen LogP contribution is -2.39. The molecule has 1 aliphatic carbocycles. The van der Waals surface area contributed by atoms with E-state index in [2.05, 4.69) is 11.6 Å². The molecule has 2 rings (SSSR count). The number of carbonyl (C=O) groups is 1. The number of benzene rings is 1. The molecule has 19 heavy (non-hydrogen) atoms. The fraction of sp³-hybridized carbons (Fsp3) is 0.533. The summed E-state index contributed by atoms with van der Waals surface area (Å²) in [7, 11) is 0. The van der Waals surface area contributed by atoms with Crippen LogP contribution in [-0.4, -0.2) is 30.0 Å². The van der Waals surface area contributed by atoms with Gasteiger partial charge in [-0.25, -0.2) is 0 Å². The molecule has 0 radical (unpaired) electrons. The number of nitrogens with one attached hydrogen (secondary N) is 1. The molecule has 3 nitrogen and oxygen atoms in total. The molecule has 0 aliphatic heterocycles. The maximum atomic E-state index is 12.4. The monoisotopic (exact) mass is 278 g/mol. The third-order valence-electron chi connectivity index (χ3n) is 3.75. The standard InChI is InChI=1S/C15H22N2OS/c1-19-14-8-4-7-13(14)17-15(18)12-6-3-2-5-11(12)9-10-16/h2-3,5-6,13-14H,4,7-10,16H2,1H3,(H,17,18). The van der Waals surface area contributed by atoms with Gasteiger partial charge in [-0.1, -0.05) is 24.6 Å². The van der Waals surface area contributed by atoms with Crippen molar-refractivity contribution in [1.29, 1.82) is 0 Å². The van der Waals surface area contributed by atoms with Gasteiger partial charge in [0.2, 0.25) is 0 Å². The van der Waals surface area contributed by atoms with Crippen LogP contribution in [0.3, 0.4) is 0 Å². The van der Waals surface area contributed by atoms with Crippen LogP contribution in [0.5, 0.6) is 0 Å². The smallest absolute Gasteiger partial charge is 0.251 e. The Morgan fingerprint density at radius 1 is 1.42 bits per heavy atom. The van der Waals surface area contributed by atoms with E-state index in [9.17, 15) is 4.79 Å². The summed E-state index contributed by atoms with van der Waals surface area (Å²) in [5.74, 6) is 0.0509. The molecule has 0 saturated heterocycles. The average molecular weight is 278 g/mol. The highest BCUT2D eigenvalue weighted by Crippen LogP contribution is 2.28. The molecular formula is C15H22N2OS. The van der Waals surface area contributed by atoms with Gasteiger partial charge in [-0.15, -0.1) is 0 Å². The number of nitrogens with two attached hydrogens (primary N) is 1. The normalized spacial score (nSPS) is 22.4. The molecule has 0 heterocycles. The molecule has 4 heteroatoms. The van der Waals surface area contributed by atoms with Gasteiger partial charge >= 0.3 is 0 Å². The van der Waals surface area contributed by atoms with Crippen molar-refractivity contribution in [1.82, 2.24) is 5.32 Å². The van der Waals surface area contributed by atoms with Crippen molar-refractivity contribution in [3.63, 3.8) is 0 Å². The van der Waals surface area contributed by atoms with Crippen molar-refractivity contribution in [3.05, 3.63) is 35.4 Å². The maximum absolute atomic E-state index is 12.4. The van der Waals surface area contributed by atoms with Crippen molar-refractivity contribution in [2.24, 2.45) is 5.73 Å². The first-order valence-corrected chi connectivity index (χ1v) is 8.16. The summed E-state index contributed by atoms with van der Waals surface area (Å²) in [4.78, 5) is 12.4. The zero-order valence-corrected chi connectivity index (χ0v) is 12.2. The van der Waals surface area contributed by atoms with Gasteiger partial charge in [0.05, 0.1) is 0 Å². The van der Waals surface area contributed by atoms with E-state index in [1.807, 2.05) is 36.0 Å². The largest absolute Gasteiger partial charge is 0.348 e. The van der Waals surface area contributed by atoms with E-state index in [0.29, 0.717) is 17.8 Å². The molecule has 1 aliphatic rings. The molecule has 0 bridgehead atoms. The van der Waals surface area contributed by atoms with Gasteiger partial charge in [-0.3, -0.25) is 4.79 Å². The Bertz CT molecular complexity index is 436. The number of hydrogen-bond acceptors (Lipinski definition) is 3. The molecule has 3 N–H and O–H groups in total. The van der Waals surface area contributed by atoms with Gasteiger partial charge < -0.3 is 11.1 Å². The summed E-state index contributed by atoms with van der Waals surface area (Å²) in [5, 5.41) is 3.76. The second kappa shape index (κ2) is 6.96. The van der Waals surface area contributed by atoms with E-state index in [1.54, 1.807) is 0 Å². The van der Waals surface area contributed by atoms with Gasteiger partial charge in [0.1, 0.15) is 0 Å². The molecule has 1 fully saturated rings. The van der Waals surface area contributed by atoms with Crippen molar-refractivity contribution in [2.75, 3.05) is 12.8 Å². The van der Waals surface area contributed by atoms with Crippen LogP contribution < -0.4 is 11.1 Å². The lowest BCUT2D eigenvalue weighted by Gasteiger charge is -2.20. The van der Waals surface area contributed by atoms with Gasteiger partial charge in [0.15, 0.2) is 0 Å². The minimum atomic E-state index is 0.0509. The Hall–Kier alpha value is -1.00. The molecule has 1 aromatic carbocycles. The van der Waals surface area contributed by atoms with E-state index in [4.69, 9.17) is 5.73 Å². The highest BCUT2D eigenvalue weighted by Gasteiger charge is 2.28. The second-order valence-corrected chi connectivity index (χ2v) is 6.06. The Labute approximate surface area is 119 Å². The lowest BCUT2D eigenvalue weighted by atomic mass is 10.0. The lowest BCUT2D eigenvalue weighted by molar-refractivity contribution is 0.0938. The van der Waals surface area contributed by atoms with E-state index in [-0.39, 0.29) is 5.91 Å². The number of rotatable bonds is 5. The SMILES string of the molecule is CSC1CCCC1NC(=O)c1ccccc1CCN. The second-order valence-electron chi connectivity index (χ2n) is 4.98. The molecule has 104 valence electrons. The fourth-order valence-corrected chi connectivity index (χ4v) is 3.67. The van der Waals surface area contributed by atoms with Crippen molar-refractivity contribution < 1.29 is 4.79 Å². The minimum absolute atomic E-state index is 0.0509. The van der Waals surface area contributed by atoms with Crippen LogP contribution in [0.25, 0.3) is 0 Å². The quantitative estimate of drug-likeness (QED) is 0.868. The van der Waals surface area contributed by atoms with Crippen LogP contribution in [0.4, 0.5) is 0 Å². The highest BCUT2D eigenvalue weighted by atomic mass is 32.2. The van der Waals surface area contributed by atoms with Crippen LogP contribution in [0, 0.1) is 0 Å². The highest BCUT2D eigenvalue weighted by molar-refractivity contribution is 7.99. The molecule has 1 aromatic rings. The van der Waals surface area contributed by atoms with Gasteiger partial charge in [0.25, 0.3) is 5.91 Å². The predicted molar refractivity (Wildman–Crippen MR) is 81.6 cm³/mol. The summed E-state index contributed by atoms with van der Waals surface area (Å²) in [6.07, 6.45) is 6.38. The van der Waals surface area contributed by atoms with Crippen LogP contribution in [0.15, 0.2) is 24.3 Å². The molecule has 0 aromatic heterocycles.